The van der Waals surface area contributed by atoms with Crippen molar-refractivity contribution >= 4 is 46.4 Å². The number of Topliss-reactive ketones (excluding diaryl/α,β-unsaturated/α-hetero) is 1. The summed E-state index contributed by atoms with van der Waals surface area (Å²) in [6, 6.07) is 10.2. The number of aliphatic hydroxyl groups is 1. The Morgan fingerprint density at radius 2 is 1.70 bits per heavy atom. The molecule has 2 amide bonds. The van der Waals surface area contributed by atoms with E-state index in [1.807, 2.05) is 5.92 Å². The maximum Gasteiger partial charge on any atom is 0.323 e. The molecule has 0 saturated carbocycles. The molecule has 0 aliphatic carbocycles. The summed E-state index contributed by atoms with van der Waals surface area (Å²) >= 11 is 11.7. The molecule has 2 aromatic carbocycles. The molecule has 2 aromatic rings. The molecule has 116 valence electrons. The maximum atomic E-state index is 11.9. The van der Waals surface area contributed by atoms with Crippen molar-refractivity contribution in [3.8, 4) is 12.0 Å². The summed E-state index contributed by atoms with van der Waals surface area (Å²) in [7, 11) is 0. The van der Waals surface area contributed by atoms with Crippen LogP contribution >= 0.6 is 23.2 Å². The lowest BCUT2D eigenvalue weighted by Gasteiger charge is -2.09. The monoisotopic (exact) mass is 348 g/mol. The van der Waals surface area contributed by atoms with Crippen LogP contribution in [0.1, 0.15) is 10.4 Å². The van der Waals surface area contributed by atoms with Crippen LogP contribution in [-0.4, -0.2) is 16.9 Å². The number of hydrogen-bond acceptors (Lipinski definition) is 3. The summed E-state index contributed by atoms with van der Waals surface area (Å²) in [6.07, 6.45) is 1.55. The fourth-order valence-corrected chi connectivity index (χ4v) is 2.16. The molecule has 0 atom stereocenters. The third kappa shape index (κ3) is 4.65. The fraction of sp³-hybridized carbons (Fsp3) is 0. The van der Waals surface area contributed by atoms with Gasteiger partial charge < -0.3 is 15.7 Å². The van der Waals surface area contributed by atoms with Crippen molar-refractivity contribution in [2.75, 3.05) is 10.6 Å². The second-order valence-electron chi connectivity index (χ2n) is 4.35. The van der Waals surface area contributed by atoms with Crippen molar-refractivity contribution in [3.05, 3.63) is 58.1 Å². The lowest BCUT2D eigenvalue weighted by molar-refractivity contribution is 0.105. The Balaban J connectivity index is 2.02. The Morgan fingerprint density at radius 1 is 1.00 bits per heavy atom. The van der Waals surface area contributed by atoms with E-state index in [1.54, 1.807) is 18.2 Å². The van der Waals surface area contributed by atoms with Gasteiger partial charge in [-0.05, 0) is 42.5 Å². The first-order chi connectivity index (χ1) is 11.0. The summed E-state index contributed by atoms with van der Waals surface area (Å²) < 4.78 is 0. The number of hydrogen-bond donors (Lipinski definition) is 3. The zero-order valence-corrected chi connectivity index (χ0v) is 13.1. The smallest absolute Gasteiger partial charge is 0.323 e. The lowest BCUT2D eigenvalue weighted by atomic mass is 10.1. The number of benzene rings is 2. The fourth-order valence-electron chi connectivity index (χ4n) is 1.70. The molecule has 23 heavy (non-hydrogen) atoms. The Hall–Kier alpha value is -2.68. The summed E-state index contributed by atoms with van der Waals surface area (Å²) in [4.78, 5) is 23.3. The molecule has 0 aliphatic heterocycles. The first-order valence-electron chi connectivity index (χ1n) is 6.32. The summed E-state index contributed by atoms with van der Waals surface area (Å²) in [5.41, 5.74) is 1.19. The summed E-state index contributed by atoms with van der Waals surface area (Å²) in [6.45, 7) is 0. The van der Waals surface area contributed by atoms with Crippen LogP contribution in [0, 0.1) is 12.0 Å². The highest BCUT2D eigenvalue weighted by molar-refractivity contribution is 6.36. The molecule has 0 bridgehead atoms. The minimum atomic E-state index is -0.517. The van der Waals surface area contributed by atoms with E-state index in [0.717, 1.165) is 0 Å². The molecule has 0 unspecified atom stereocenters. The van der Waals surface area contributed by atoms with E-state index in [-0.39, 0.29) is 0 Å². The normalized spacial score (nSPS) is 9.48. The van der Waals surface area contributed by atoms with Crippen molar-refractivity contribution in [1.29, 1.82) is 0 Å². The van der Waals surface area contributed by atoms with E-state index >= 15 is 0 Å². The maximum absolute atomic E-state index is 11.9. The number of halogens is 2. The Bertz CT molecular complexity index is 808. The van der Waals surface area contributed by atoms with Crippen LogP contribution in [0.2, 0.25) is 10.0 Å². The van der Waals surface area contributed by atoms with E-state index in [0.29, 0.717) is 27.0 Å². The largest absolute Gasteiger partial charge is 0.462 e. The van der Waals surface area contributed by atoms with Gasteiger partial charge in [0.25, 0.3) is 0 Å². The van der Waals surface area contributed by atoms with Gasteiger partial charge in [-0.1, -0.05) is 23.2 Å². The molecule has 2 rings (SSSR count). The van der Waals surface area contributed by atoms with Crippen LogP contribution in [-0.2, 0) is 0 Å². The Morgan fingerprint density at radius 3 is 2.30 bits per heavy atom. The van der Waals surface area contributed by atoms with Gasteiger partial charge in [-0.2, -0.15) is 0 Å². The highest BCUT2D eigenvalue weighted by Gasteiger charge is 2.07. The number of carbonyl (C=O) groups is 2. The second-order valence-corrected chi connectivity index (χ2v) is 5.19. The molecule has 3 N–H and O–H groups in total. The van der Waals surface area contributed by atoms with Crippen molar-refractivity contribution in [1.82, 2.24) is 0 Å². The van der Waals surface area contributed by atoms with Gasteiger partial charge in [-0.25, -0.2) is 4.79 Å². The summed E-state index contributed by atoms with van der Waals surface area (Å²) in [5, 5.41) is 14.3. The van der Waals surface area contributed by atoms with Crippen LogP contribution in [0.4, 0.5) is 16.2 Å². The predicted octanol–water partition coefficient (Wildman–Crippen LogP) is 4.15. The van der Waals surface area contributed by atoms with E-state index in [9.17, 15) is 9.59 Å². The molecular formula is C16H10Cl2N2O3. The zero-order chi connectivity index (χ0) is 16.8. The highest BCUT2D eigenvalue weighted by Crippen LogP contribution is 2.25. The molecule has 0 radical (unpaired) electrons. The lowest BCUT2D eigenvalue weighted by Crippen LogP contribution is -2.19. The molecule has 0 saturated heterocycles. The molecule has 7 heteroatoms. The molecular weight excluding hydrogens is 339 g/mol. The standard InChI is InChI=1S/C16H10Cl2N2O3/c17-11-3-6-14(13(18)9-11)20-16(23)19-12-4-1-10(2-5-12)15(22)7-8-21/h1-6,9,21H,(H2,19,20,23). The number of rotatable bonds is 3. The van der Waals surface area contributed by atoms with Gasteiger partial charge in [0.2, 0.25) is 5.78 Å². The first kappa shape index (κ1) is 16.7. The SMILES string of the molecule is O=C(Nc1ccc(C(=O)C#CO)cc1)Nc1ccc(Cl)cc1Cl. The molecule has 0 heterocycles. The predicted molar refractivity (Wildman–Crippen MR) is 89.6 cm³/mol. The van der Waals surface area contributed by atoms with E-state index < -0.39 is 11.8 Å². The van der Waals surface area contributed by atoms with Crippen LogP contribution in [0.5, 0.6) is 0 Å². The minimum absolute atomic E-state index is 0.304. The van der Waals surface area contributed by atoms with Crippen molar-refractivity contribution in [3.63, 3.8) is 0 Å². The average Bonchev–Trinajstić information content (AvgIpc) is 2.51. The van der Waals surface area contributed by atoms with Gasteiger partial charge in [0.1, 0.15) is 6.11 Å². The number of aliphatic hydroxyl groups excluding tert-OH is 1. The number of ketones is 1. The number of anilines is 2. The number of urea groups is 1. The van der Waals surface area contributed by atoms with Crippen LogP contribution in [0.3, 0.4) is 0 Å². The van der Waals surface area contributed by atoms with Gasteiger partial charge >= 0.3 is 6.03 Å². The quantitative estimate of drug-likeness (QED) is 0.575. The molecule has 0 aromatic heterocycles. The second kappa shape index (κ2) is 7.54. The zero-order valence-electron chi connectivity index (χ0n) is 11.6. The highest BCUT2D eigenvalue weighted by atomic mass is 35.5. The van der Waals surface area contributed by atoms with Crippen LogP contribution in [0.15, 0.2) is 42.5 Å². The van der Waals surface area contributed by atoms with Gasteiger partial charge in [0.05, 0.1) is 10.7 Å². The molecule has 0 fully saturated rings. The van der Waals surface area contributed by atoms with Crippen LogP contribution < -0.4 is 10.6 Å². The van der Waals surface area contributed by atoms with Crippen molar-refractivity contribution in [2.45, 2.75) is 0 Å². The van der Waals surface area contributed by atoms with E-state index in [4.69, 9.17) is 28.3 Å². The van der Waals surface area contributed by atoms with Gasteiger partial charge in [-0.3, -0.25) is 4.79 Å². The topological polar surface area (TPSA) is 78.4 Å². The van der Waals surface area contributed by atoms with Crippen molar-refractivity contribution < 1.29 is 14.7 Å². The average molecular weight is 349 g/mol. The molecule has 0 aliphatic rings. The van der Waals surface area contributed by atoms with Crippen LogP contribution in [0.25, 0.3) is 0 Å². The minimum Gasteiger partial charge on any atom is -0.462 e. The molecule has 0 spiro atoms. The van der Waals surface area contributed by atoms with Gasteiger partial charge in [0.15, 0.2) is 0 Å². The first-order valence-corrected chi connectivity index (χ1v) is 7.08. The number of carbonyl (C=O) groups excluding carboxylic acids is 2. The number of nitrogens with one attached hydrogen (secondary N) is 2. The Labute approximate surface area is 142 Å². The third-order valence-electron chi connectivity index (χ3n) is 2.75. The Kier molecular flexibility index (Phi) is 5.47. The van der Waals surface area contributed by atoms with Gasteiger partial charge in [-0.15, -0.1) is 0 Å². The number of amides is 2. The van der Waals surface area contributed by atoms with E-state index in [2.05, 4.69) is 10.6 Å². The molecule has 5 nitrogen and oxygen atoms in total. The third-order valence-corrected chi connectivity index (χ3v) is 3.30. The van der Waals surface area contributed by atoms with Gasteiger partial charge in [0, 0.05) is 22.2 Å². The summed E-state index contributed by atoms with van der Waals surface area (Å²) in [5.74, 6) is 1.49. The van der Waals surface area contributed by atoms with Crippen molar-refractivity contribution in [2.24, 2.45) is 0 Å². The van der Waals surface area contributed by atoms with E-state index in [1.165, 1.54) is 30.3 Å².